The molecule has 6 nitrogen and oxygen atoms in total. The van der Waals surface area contributed by atoms with E-state index in [9.17, 15) is 0 Å². The third kappa shape index (κ3) is 7.24. The normalized spacial score (nSPS) is 15.7. The zero-order valence-electron chi connectivity index (χ0n) is 50.1. The summed E-state index contributed by atoms with van der Waals surface area (Å²) >= 11 is 0. The van der Waals surface area contributed by atoms with Crippen LogP contribution in [0.25, 0.3) is 55.1 Å². The molecule has 3 aromatic heterocycles. The van der Waals surface area contributed by atoms with E-state index < -0.39 is 43.1 Å². The average Bonchev–Trinajstić information content (AvgIpc) is 4.29. The van der Waals surface area contributed by atoms with Crippen LogP contribution in [0.5, 0.6) is 11.5 Å². The van der Waals surface area contributed by atoms with Crippen molar-refractivity contribution in [3.8, 4) is 23.0 Å². The van der Waals surface area contributed by atoms with E-state index in [1.54, 1.807) is 24.4 Å². The van der Waals surface area contributed by atoms with E-state index >= 15 is 0 Å². The number of aryl methyl sites for hydroxylation is 1. The molecule has 1 aliphatic rings. The molecule has 7 aromatic carbocycles. The molecule has 4 heterocycles. The van der Waals surface area contributed by atoms with Gasteiger partial charge in [0.15, 0.2) is 0 Å². The van der Waals surface area contributed by atoms with E-state index in [1.807, 2.05) is 80.4 Å². The van der Waals surface area contributed by atoms with Gasteiger partial charge in [-0.15, -0.1) is 0 Å². The van der Waals surface area contributed by atoms with Gasteiger partial charge in [0.25, 0.3) is 5.69 Å². The Kier molecular flexibility index (Phi) is 7.15. The molecule has 0 unspecified atom stereocenters. The molecule has 0 spiro atoms. The van der Waals surface area contributed by atoms with Crippen molar-refractivity contribution in [1.82, 2.24) is 23.3 Å². The highest BCUT2D eigenvalue weighted by molar-refractivity contribution is 6.12. The van der Waals surface area contributed by atoms with Crippen LogP contribution in [0.2, 0.25) is 0 Å². The van der Waals surface area contributed by atoms with Crippen molar-refractivity contribution in [2.24, 2.45) is 0 Å². The van der Waals surface area contributed by atoms with Crippen molar-refractivity contribution < 1.29 is 19.8 Å². The van der Waals surface area contributed by atoms with Crippen LogP contribution < -0.4 is 13.9 Å². The van der Waals surface area contributed by atoms with Gasteiger partial charge >= 0.3 is 11.7 Å². The SMILES string of the molecule is [2H]c1c([2H])c([2H])c2c(c1[2H])c1c([2H])c([2H])c([2H])c([2H])c1n2-c1ccc2c(c1)c1ccc(Oc3cccc([N+]4=C=[N+](c5cc(C(C)(C)C)cc(C(C)(C)C)c5)c5c4cccc5C([2H])([2H])[2H])c3)cc1n2-c1cc(C(C)(C)C)ccn1. The summed E-state index contributed by atoms with van der Waals surface area (Å²) in [6, 6.07) is 34.7. The van der Waals surface area contributed by atoms with Crippen LogP contribution in [0.4, 0.5) is 22.7 Å². The zero-order chi connectivity index (χ0) is 56.0. The van der Waals surface area contributed by atoms with Gasteiger partial charge in [-0.1, -0.05) is 123 Å². The van der Waals surface area contributed by atoms with Crippen molar-refractivity contribution in [2.75, 3.05) is 0 Å². The number of nitrogens with zero attached hydrogens (tertiary/aromatic N) is 5. The molecule has 0 amide bonds. The van der Waals surface area contributed by atoms with Gasteiger partial charge in [-0.3, -0.25) is 4.57 Å². The Balaban J connectivity index is 1.09. The second kappa shape index (κ2) is 15.3. The number of pyridine rings is 1. The van der Waals surface area contributed by atoms with Crippen LogP contribution >= 0.6 is 0 Å². The molecular weight excluding hydrogens is 819 g/mol. The first-order valence-corrected chi connectivity index (χ1v) is 22.5. The van der Waals surface area contributed by atoms with Crippen molar-refractivity contribution in [1.29, 1.82) is 0 Å². The molecule has 0 saturated carbocycles. The van der Waals surface area contributed by atoms with Gasteiger partial charge < -0.3 is 9.30 Å². The number of fused-ring (bicyclic) bond motifs is 7. The highest BCUT2D eigenvalue weighted by atomic mass is 16.5. The van der Waals surface area contributed by atoms with E-state index in [-0.39, 0.29) is 55.7 Å². The number of hydrogen-bond acceptors (Lipinski definition) is 2. The lowest BCUT2D eigenvalue weighted by atomic mass is 9.80. The lowest BCUT2D eigenvalue weighted by molar-refractivity contribution is 0.483. The number of aromatic nitrogens is 3. The molecule has 0 aliphatic carbocycles. The molecular formula is C61H57N5O+2. The van der Waals surface area contributed by atoms with Gasteiger partial charge in [0.2, 0.25) is 11.4 Å². The number of benzene rings is 7. The topological polar surface area (TPSA) is 38.0 Å². The van der Waals surface area contributed by atoms with Crippen LogP contribution in [-0.2, 0) is 16.2 Å². The number of ether oxygens (including phenoxy) is 1. The second-order valence-electron chi connectivity index (χ2n) is 20.5. The minimum atomic E-state index is -2.42. The number of hydrogen-bond donors (Lipinski definition) is 0. The summed E-state index contributed by atoms with van der Waals surface area (Å²) in [5.41, 5.74) is 7.49. The first kappa shape index (κ1) is 31.4. The van der Waals surface area contributed by atoms with Gasteiger partial charge in [-0.25, -0.2) is 4.98 Å². The molecule has 10 aromatic rings. The van der Waals surface area contributed by atoms with E-state index in [0.29, 0.717) is 40.1 Å². The van der Waals surface area contributed by atoms with Crippen molar-refractivity contribution in [3.63, 3.8) is 0 Å². The average molecular weight is 887 g/mol. The highest BCUT2D eigenvalue weighted by Gasteiger charge is 2.39. The van der Waals surface area contributed by atoms with Crippen LogP contribution in [0.15, 0.2) is 164 Å². The molecule has 6 heteroatoms. The Morgan fingerprint density at radius 3 is 1.90 bits per heavy atom. The molecule has 0 saturated heterocycles. The maximum atomic E-state index is 9.13. The Hall–Kier alpha value is -7.53. The predicted octanol–water partition coefficient (Wildman–Crippen LogP) is 16.1. The number of para-hydroxylation sites is 3. The third-order valence-electron chi connectivity index (χ3n) is 12.8. The van der Waals surface area contributed by atoms with Gasteiger partial charge in [0.05, 0.1) is 39.1 Å². The summed E-state index contributed by atoms with van der Waals surface area (Å²) in [6.07, 6.45) is 1.78. The monoisotopic (exact) mass is 887 g/mol. The Morgan fingerprint density at radius 1 is 0.537 bits per heavy atom. The predicted molar refractivity (Wildman–Crippen MR) is 281 cm³/mol. The maximum Gasteiger partial charge on any atom is 0.503 e. The maximum absolute atomic E-state index is 9.13. The zero-order valence-corrected chi connectivity index (χ0v) is 39.1. The molecule has 0 atom stereocenters. The van der Waals surface area contributed by atoms with Gasteiger partial charge in [-0.05, 0) is 110 Å². The van der Waals surface area contributed by atoms with E-state index in [4.69, 9.17) is 24.8 Å². The summed E-state index contributed by atoms with van der Waals surface area (Å²) in [6.45, 7) is 17.0. The second-order valence-corrected chi connectivity index (χ2v) is 20.5. The first-order chi connectivity index (χ1) is 36.5. The molecule has 67 heavy (non-hydrogen) atoms. The van der Waals surface area contributed by atoms with E-state index in [2.05, 4.69) is 92.6 Å². The Morgan fingerprint density at radius 2 is 1.21 bits per heavy atom. The molecule has 0 N–H and O–H groups in total. The largest absolute Gasteiger partial charge is 0.503 e. The Bertz CT molecular complexity index is 4200. The van der Waals surface area contributed by atoms with Crippen molar-refractivity contribution in [2.45, 2.75) is 85.4 Å². The molecule has 330 valence electrons. The standard InChI is InChI=1S/C61H57N5O/c1-39-17-15-24-55-58(39)64(45-32-41(60(5,6)7)31-42(33-45)61(8,9)10)38-63(55)43-18-16-19-46(35-43)67-47-26-27-50-51-36-44(65-52-22-13-11-20-48(52)49-21-12-14-23-53(49)65)25-28-54(51)66(56(50)37-47)57-34-40(29-30-62-57)59(2,3)4/h11-37H,1-10H3/q+2/i1D3,11D,12D,13D,14D,20D,21D,22D,23D. The molecule has 11 rings (SSSR count). The lowest BCUT2D eigenvalue weighted by Gasteiger charge is -2.24. The fourth-order valence-electron chi connectivity index (χ4n) is 9.09. The van der Waals surface area contributed by atoms with Gasteiger partial charge in [-0.2, -0.15) is 0 Å². The highest BCUT2D eigenvalue weighted by Crippen LogP contribution is 2.43. The van der Waals surface area contributed by atoms with Crippen LogP contribution in [0.1, 0.15) is 99.6 Å². The smallest absolute Gasteiger partial charge is 0.457 e. The molecule has 1 aliphatic heterocycles. The summed E-state index contributed by atoms with van der Waals surface area (Å²) in [4.78, 5) is 4.90. The fourth-order valence-corrected chi connectivity index (χ4v) is 9.09. The molecule has 0 radical (unpaired) electrons. The fraction of sp³-hybridized carbons (Fsp3) is 0.213. The van der Waals surface area contributed by atoms with E-state index in [0.717, 1.165) is 44.2 Å². The quantitative estimate of drug-likeness (QED) is 0.156. The first-order valence-electron chi connectivity index (χ1n) is 28.0. The summed E-state index contributed by atoms with van der Waals surface area (Å²) in [5, 5.41) is 1.52. The summed E-state index contributed by atoms with van der Waals surface area (Å²) in [7, 11) is 0. The Labute approximate surface area is 408 Å². The third-order valence-corrected chi connectivity index (χ3v) is 12.8. The van der Waals surface area contributed by atoms with Crippen LogP contribution in [-0.4, -0.2) is 20.1 Å². The van der Waals surface area contributed by atoms with E-state index in [1.165, 1.54) is 4.57 Å². The summed E-state index contributed by atoms with van der Waals surface area (Å²) < 4.78 is 111. The van der Waals surface area contributed by atoms with Gasteiger partial charge in [0.1, 0.15) is 17.3 Å². The van der Waals surface area contributed by atoms with Crippen molar-refractivity contribution >= 4 is 72.4 Å². The van der Waals surface area contributed by atoms with Crippen molar-refractivity contribution in [3.05, 3.63) is 186 Å². The lowest BCUT2D eigenvalue weighted by Crippen LogP contribution is -2.17. The minimum Gasteiger partial charge on any atom is -0.457 e. The van der Waals surface area contributed by atoms with Gasteiger partial charge in [0, 0.05) is 73.4 Å². The van der Waals surface area contributed by atoms with Crippen LogP contribution in [0, 0.1) is 6.85 Å². The van der Waals surface area contributed by atoms with Crippen LogP contribution in [0.3, 0.4) is 0 Å². The summed E-state index contributed by atoms with van der Waals surface area (Å²) in [5.74, 6) is 1.64. The number of rotatable bonds is 6. The molecule has 0 bridgehead atoms. The minimum absolute atomic E-state index is 0.00237. The molecule has 0 fully saturated rings.